The molecule has 0 aliphatic carbocycles. The minimum Gasteiger partial charge on any atom is -0.368 e. The van der Waals surface area contributed by atoms with Crippen LogP contribution in [0.15, 0.2) is 18.2 Å². The lowest BCUT2D eigenvalue weighted by Gasteiger charge is -2.05. The van der Waals surface area contributed by atoms with Crippen LogP contribution in [0.2, 0.25) is 0 Å². The molecular weight excluding hydrogens is 199 g/mol. The molecule has 15 heavy (non-hydrogen) atoms. The standard InChI is InChI=1S/C10H11FN2O2/c1-6-4-7(11)2-3-8(6)10(15)13-5-9(12)14/h2-4H,5H2,1H3,(H2,12,14)(H,13,15). The van der Waals surface area contributed by atoms with Gasteiger partial charge in [-0.15, -0.1) is 0 Å². The zero-order chi connectivity index (χ0) is 11.4. The third-order valence-corrected chi connectivity index (χ3v) is 1.86. The van der Waals surface area contributed by atoms with Gasteiger partial charge in [-0.2, -0.15) is 0 Å². The summed E-state index contributed by atoms with van der Waals surface area (Å²) in [6.45, 7) is 1.39. The van der Waals surface area contributed by atoms with E-state index in [1.54, 1.807) is 6.92 Å². The molecule has 0 atom stereocenters. The van der Waals surface area contributed by atoms with Crippen LogP contribution in [0.3, 0.4) is 0 Å². The van der Waals surface area contributed by atoms with Crippen LogP contribution in [0, 0.1) is 12.7 Å². The van der Waals surface area contributed by atoms with Gasteiger partial charge in [0.2, 0.25) is 5.91 Å². The van der Waals surface area contributed by atoms with Gasteiger partial charge in [-0.05, 0) is 30.7 Å². The first-order chi connectivity index (χ1) is 7.00. The van der Waals surface area contributed by atoms with Gasteiger partial charge >= 0.3 is 0 Å². The normalized spacial score (nSPS) is 9.73. The van der Waals surface area contributed by atoms with Crippen LogP contribution in [-0.4, -0.2) is 18.4 Å². The van der Waals surface area contributed by atoms with Crippen molar-refractivity contribution in [3.05, 3.63) is 35.1 Å². The number of rotatable bonds is 3. The fraction of sp³-hybridized carbons (Fsp3) is 0.200. The lowest BCUT2D eigenvalue weighted by Crippen LogP contribution is -2.33. The van der Waals surface area contributed by atoms with Crippen LogP contribution in [0.25, 0.3) is 0 Å². The van der Waals surface area contributed by atoms with Crippen LogP contribution < -0.4 is 11.1 Å². The predicted octanol–water partition coefficient (Wildman–Crippen LogP) is 0.349. The molecule has 80 valence electrons. The van der Waals surface area contributed by atoms with Crippen molar-refractivity contribution < 1.29 is 14.0 Å². The lowest BCUT2D eigenvalue weighted by atomic mass is 10.1. The van der Waals surface area contributed by atoms with Crippen molar-refractivity contribution >= 4 is 11.8 Å². The topological polar surface area (TPSA) is 72.2 Å². The monoisotopic (exact) mass is 210 g/mol. The molecule has 1 rings (SSSR count). The molecule has 0 heterocycles. The lowest BCUT2D eigenvalue weighted by molar-refractivity contribution is -0.117. The van der Waals surface area contributed by atoms with Gasteiger partial charge in [0.05, 0.1) is 6.54 Å². The number of halogens is 1. The minimum atomic E-state index is -0.622. The van der Waals surface area contributed by atoms with Crippen LogP contribution in [0.1, 0.15) is 15.9 Å². The second-order valence-electron chi connectivity index (χ2n) is 3.11. The number of hydrogen-bond acceptors (Lipinski definition) is 2. The van der Waals surface area contributed by atoms with E-state index in [-0.39, 0.29) is 6.54 Å². The summed E-state index contributed by atoms with van der Waals surface area (Å²) in [4.78, 5) is 21.9. The largest absolute Gasteiger partial charge is 0.368 e. The van der Waals surface area contributed by atoms with Gasteiger partial charge in [0.1, 0.15) is 5.82 Å². The fourth-order valence-electron chi connectivity index (χ4n) is 1.14. The average molecular weight is 210 g/mol. The Morgan fingerprint density at radius 2 is 2.13 bits per heavy atom. The summed E-state index contributed by atoms with van der Waals surface area (Å²) >= 11 is 0. The molecule has 0 aromatic heterocycles. The molecule has 0 spiro atoms. The second kappa shape index (κ2) is 4.54. The molecule has 0 fully saturated rings. The number of amides is 2. The molecule has 0 aliphatic heterocycles. The van der Waals surface area contributed by atoms with Crippen molar-refractivity contribution in [3.8, 4) is 0 Å². The van der Waals surface area contributed by atoms with Gasteiger partial charge in [0, 0.05) is 5.56 Å². The number of carbonyl (C=O) groups excluding carboxylic acids is 2. The number of aryl methyl sites for hydroxylation is 1. The fourth-order valence-corrected chi connectivity index (χ4v) is 1.14. The number of nitrogens with one attached hydrogen (secondary N) is 1. The smallest absolute Gasteiger partial charge is 0.251 e. The number of hydrogen-bond donors (Lipinski definition) is 2. The summed E-state index contributed by atoms with van der Waals surface area (Å²) in [5, 5.41) is 2.32. The molecule has 4 nitrogen and oxygen atoms in total. The van der Waals surface area contributed by atoms with Gasteiger partial charge in [0.15, 0.2) is 0 Å². The van der Waals surface area contributed by atoms with Crippen LogP contribution in [0.5, 0.6) is 0 Å². The van der Waals surface area contributed by atoms with Crippen molar-refractivity contribution in [3.63, 3.8) is 0 Å². The van der Waals surface area contributed by atoms with Crippen LogP contribution in [-0.2, 0) is 4.79 Å². The Balaban J connectivity index is 2.78. The van der Waals surface area contributed by atoms with Crippen LogP contribution in [0.4, 0.5) is 4.39 Å². The molecule has 2 amide bonds. The summed E-state index contributed by atoms with van der Waals surface area (Å²) in [5.74, 6) is -1.46. The molecule has 0 radical (unpaired) electrons. The van der Waals surface area contributed by atoms with Crippen molar-refractivity contribution in [2.24, 2.45) is 5.73 Å². The molecule has 0 saturated heterocycles. The average Bonchev–Trinajstić information content (AvgIpc) is 2.14. The van der Waals surface area contributed by atoms with E-state index in [4.69, 9.17) is 5.73 Å². The Morgan fingerprint density at radius 1 is 1.47 bits per heavy atom. The highest BCUT2D eigenvalue weighted by Gasteiger charge is 2.09. The first kappa shape index (κ1) is 11.2. The van der Waals surface area contributed by atoms with Crippen molar-refractivity contribution in [2.45, 2.75) is 6.92 Å². The minimum absolute atomic E-state index is 0.227. The maximum atomic E-state index is 12.7. The summed E-state index contributed by atoms with van der Waals surface area (Å²) in [5.41, 5.74) is 5.71. The maximum absolute atomic E-state index is 12.7. The highest BCUT2D eigenvalue weighted by Crippen LogP contribution is 2.09. The molecule has 0 aliphatic rings. The highest BCUT2D eigenvalue weighted by atomic mass is 19.1. The van der Waals surface area contributed by atoms with Gasteiger partial charge in [-0.3, -0.25) is 9.59 Å². The quantitative estimate of drug-likeness (QED) is 0.755. The van der Waals surface area contributed by atoms with Crippen molar-refractivity contribution in [2.75, 3.05) is 6.54 Å². The Bertz CT molecular complexity index is 404. The van der Waals surface area contributed by atoms with E-state index in [2.05, 4.69) is 5.32 Å². The summed E-state index contributed by atoms with van der Waals surface area (Å²) in [7, 11) is 0. The van der Waals surface area contributed by atoms with Gasteiger partial charge in [-0.1, -0.05) is 0 Å². The van der Waals surface area contributed by atoms with E-state index in [0.29, 0.717) is 11.1 Å². The number of nitrogens with two attached hydrogens (primary N) is 1. The van der Waals surface area contributed by atoms with E-state index >= 15 is 0 Å². The van der Waals surface area contributed by atoms with Crippen LogP contribution >= 0.6 is 0 Å². The first-order valence-corrected chi connectivity index (χ1v) is 4.33. The molecule has 5 heteroatoms. The Kier molecular flexibility index (Phi) is 3.38. The van der Waals surface area contributed by atoms with E-state index in [1.165, 1.54) is 18.2 Å². The summed E-state index contributed by atoms with van der Waals surface area (Å²) < 4.78 is 12.7. The molecule has 1 aromatic carbocycles. The van der Waals surface area contributed by atoms with E-state index < -0.39 is 17.6 Å². The summed E-state index contributed by atoms with van der Waals surface area (Å²) in [6, 6.07) is 3.80. The van der Waals surface area contributed by atoms with Gasteiger partial charge in [0.25, 0.3) is 5.91 Å². The van der Waals surface area contributed by atoms with Crippen molar-refractivity contribution in [1.29, 1.82) is 0 Å². The maximum Gasteiger partial charge on any atom is 0.251 e. The van der Waals surface area contributed by atoms with E-state index in [1.807, 2.05) is 0 Å². The Labute approximate surface area is 86.3 Å². The highest BCUT2D eigenvalue weighted by molar-refractivity contribution is 5.97. The third-order valence-electron chi connectivity index (χ3n) is 1.86. The molecule has 1 aromatic rings. The predicted molar refractivity (Wildman–Crippen MR) is 52.7 cm³/mol. The Hall–Kier alpha value is -1.91. The summed E-state index contributed by atoms with van der Waals surface area (Å²) in [6.07, 6.45) is 0. The zero-order valence-corrected chi connectivity index (χ0v) is 8.21. The zero-order valence-electron chi connectivity index (χ0n) is 8.21. The van der Waals surface area contributed by atoms with Gasteiger partial charge < -0.3 is 11.1 Å². The second-order valence-corrected chi connectivity index (χ2v) is 3.11. The number of carbonyl (C=O) groups is 2. The van der Waals surface area contributed by atoms with E-state index in [0.717, 1.165) is 0 Å². The molecular formula is C10H11FN2O2. The van der Waals surface area contributed by atoms with Gasteiger partial charge in [-0.25, -0.2) is 4.39 Å². The molecule has 3 N–H and O–H groups in total. The molecule has 0 bridgehead atoms. The number of benzene rings is 1. The van der Waals surface area contributed by atoms with Crippen molar-refractivity contribution in [1.82, 2.24) is 5.32 Å². The van der Waals surface area contributed by atoms with E-state index in [9.17, 15) is 14.0 Å². The number of primary amides is 1. The first-order valence-electron chi connectivity index (χ1n) is 4.33. The Morgan fingerprint density at radius 3 is 2.67 bits per heavy atom. The molecule has 0 saturated carbocycles. The third kappa shape index (κ3) is 3.05. The SMILES string of the molecule is Cc1cc(F)ccc1C(=O)NCC(N)=O. The molecule has 0 unspecified atom stereocenters.